The molecule has 0 unspecified atom stereocenters. The highest BCUT2D eigenvalue weighted by Gasteiger charge is 2.66. The van der Waals surface area contributed by atoms with Crippen molar-refractivity contribution in [3.63, 3.8) is 0 Å². The number of aliphatic carboxylic acids is 3. The van der Waals surface area contributed by atoms with Crippen molar-refractivity contribution in [2.24, 2.45) is 39.9 Å². The topological polar surface area (TPSA) is 112 Å². The fourth-order valence-corrected chi connectivity index (χ4v) is 9.02. The molecular formula is C30H46O6. The van der Waals surface area contributed by atoms with Crippen LogP contribution in [-0.2, 0) is 14.4 Å². The van der Waals surface area contributed by atoms with E-state index in [0.717, 1.165) is 50.5 Å². The lowest BCUT2D eigenvalue weighted by atomic mass is 9.40. The van der Waals surface area contributed by atoms with Crippen molar-refractivity contribution in [1.29, 1.82) is 0 Å². The number of hydrogen-bond donors (Lipinski definition) is 3. The van der Waals surface area contributed by atoms with E-state index in [1.807, 2.05) is 6.08 Å². The second-order valence-corrected chi connectivity index (χ2v) is 12.8. The Morgan fingerprint density at radius 1 is 0.972 bits per heavy atom. The fourth-order valence-electron chi connectivity index (χ4n) is 9.02. The summed E-state index contributed by atoms with van der Waals surface area (Å²) in [5.41, 5.74) is 1.98. The molecule has 7 atom stereocenters. The van der Waals surface area contributed by atoms with Crippen LogP contribution in [0.25, 0.3) is 0 Å². The molecule has 0 aromatic heterocycles. The number of carboxylic acid groups (broad SMARTS) is 3. The number of carbonyl (C=O) groups is 3. The maximum atomic E-state index is 11.9. The van der Waals surface area contributed by atoms with Crippen LogP contribution in [0.3, 0.4) is 0 Å². The van der Waals surface area contributed by atoms with Crippen molar-refractivity contribution in [3.05, 3.63) is 22.8 Å². The monoisotopic (exact) mass is 502 g/mol. The molecule has 0 saturated heterocycles. The van der Waals surface area contributed by atoms with Gasteiger partial charge < -0.3 is 15.3 Å². The third-order valence-corrected chi connectivity index (χ3v) is 11.3. The zero-order valence-corrected chi connectivity index (χ0v) is 23.0. The van der Waals surface area contributed by atoms with Gasteiger partial charge in [0.2, 0.25) is 0 Å². The van der Waals surface area contributed by atoms with Gasteiger partial charge in [-0.25, -0.2) is 9.59 Å². The number of fused-ring (bicyclic) bond motifs is 3. The van der Waals surface area contributed by atoms with Crippen molar-refractivity contribution >= 4 is 17.9 Å². The van der Waals surface area contributed by atoms with Crippen LogP contribution in [0.15, 0.2) is 22.8 Å². The number of hydrogen-bond acceptors (Lipinski definition) is 3. The van der Waals surface area contributed by atoms with Gasteiger partial charge in [-0.05, 0) is 112 Å². The molecule has 0 spiro atoms. The summed E-state index contributed by atoms with van der Waals surface area (Å²) in [5.74, 6) is -1.07. The minimum atomic E-state index is -0.888. The largest absolute Gasteiger partial charge is 0.481 e. The van der Waals surface area contributed by atoms with Gasteiger partial charge in [-0.15, -0.1) is 0 Å². The molecule has 0 aromatic rings. The highest BCUT2D eigenvalue weighted by atomic mass is 16.4. The van der Waals surface area contributed by atoms with E-state index in [2.05, 4.69) is 27.7 Å². The maximum absolute atomic E-state index is 11.9. The lowest BCUT2D eigenvalue weighted by molar-refractivity contribution is -0.148. The number of allylic oxidation sites excluding steroid dienone is 2. The SMILES string of the molecule is CC(C(=O)O)=C1CC[C@@H]2[C@@](C)(CC[C@]3(C)[C@@H]([C@H](C)CC/C=C(\C)C(=O)O)CC[C@@]23C)[C@@H]1CCC(=O)O. The summed E-state index contributed by atoms with van der Waals surface area (Å²) in [5, 5.41) is 28.4. The number of carboxylic acids is 3. The summed E-state index contributed by atoms with van der Waals surface area (Å²) in [6.07, 6.45) is 10.3. The molecule has 36 heavy (non-hydrogen) atoms. The number of rotatable bonds is 9. The van der Waals surface area contributed by atoms with Crippen molar-refractivity contribution < 1.29 is 29.7 Å². The van der Waals surface area contributed by atoms with Gasteiger partial charge in [0.15, 0.2) is 0 Å². The predicted octanol–water partition coefficient (Wildman–Crippen LogP) is 6.95. The van der Waals surface area contributed by atoms with Gasteiger partial charge in [0, 0.05) is 17.6 Å². The van der Waals surface area contributed by atoms with Crippen molar-refractivity contribution in [1.82, 2.24) is 0 Å². The Kier molecular flexibility index (Phi) is 8.17. The summed E-state index contributed by atoms with van der Waals surface area (Å²) in [4.78, 5) is 34.6. The Bertz CT molecular complexity index is 962. The summed E-state index contributed by atoms with van der Waals surface area (Å²) < 4.78 is 0. The Morgan fingerprint density at radius 3 is 2.22 bits per heavy atom. The zero-order chi connectivity index (χ0) is 27.1. The van der Waals surface area contributed by atoms with E-state index in [-0.39, 0.29) is 28.6 Å². The lowest BCUT2D eigenvalue weighted by Gasteiger charge is -2.65. The van der Waals surface area contributed by atoms with E-state index in [1.54, 1.807) is 13.8 Å². The van der Waals surface area contributed by atoms with E-state index in [0.29, 0.717) is 35.3 Å². The van der Waals surface area contributed by atoms with Crippen LogP contribution in [0.5, 0.6) is 0 Å². The Balaban J connectivity index is 1.90. The molecule has 3 aliphatic rings. The average Bonchev–Trinajstić information content (AvgIpc) is 3.07. The highest BCUT2D eigenvalue weighted by molar-refractivity contribution is 5.87. The first-order chi connectivity index (χ1) is 16.7. The van der Waals surface area contributed by atoms with Crippen LogP contribution in [0.1, 0.15) is 106 Å². The molecule has 3 rings (SSSR count). The minimum Gasteiger partial charge on any atom is -0.481 e. The Morgan fingerprint density at radius 2 is 1.64 bits per heavy atom. The molecule has 0 radical (unpaired) electrons. The Labute approximate surface area is 216 Å². The van der Waals surface area contributed by atoms with Crippen molar-refractivity contribution in [2.75, 3.05) is 0 Å². The van der Waals surface area contributed by atoms with Crippen LogP contribution in [0.2, 0.25) is 0 Å². The second-order valence-electron chi connectivity index (χ2n) is 12.8. The second kappa shape index (κ2) is 10.3. The van der Waals surface area contributed by atoms with Crippen LogP contribution in [0, 0.1) is 39.9 Å². The molecule has 3 fully saturated rings. The third-order valence-electron chi connectivity index (χ3n) is 11.3. The summed E-state index contributed by atoms with van der Waals surface area (Å²) in [7, 11) is 0. The molecule has 6 heteroatoms. The molecular weight excluding hydrogens is 456 g/mol. The molecule has 0 heterocycles. The predicted molar refractivity (Wildman–Crippen MR) is 139 cm³/mol. The molecule has 202 valence electrons. The van der Waals surface area contributed by atoms with Gasteiger partial charge in [-0.2, -0.15) is 0 Å². The molecule has 3 N–H and O–H groups in total. The van der Waals surface area contributed by atoms with Gasteiger partial charge in [-0.1, -0.05) is 39.3 Å². The molecule has 0 aromatic carbocycles. The van der Waals surface area contributed by atoms with Gasteiger partial charge in [0.05, 0.1) is 0 Å². The standard InChI is InChI=1S/C30H46O6/c1-18(8-7-9-19(2)26(33)34)22-14-15-30(6)24-12-10-21(20(3)27(35)36)23(11-13-25(31)32)28(24,4)16-17-29(22,30)5/h9,18,22-24H,7-8,10-17H2,1-6H3,(H,31,32)(H,33,34)(H,35,36)/b19-9+,21-20?/t18-,22-,23-,24-,28+,29-,30+/m1/s1. The van der Waals surface area contributed by atoms with Crippen LogP contribution < -0.4 is 0 Å². The average molecular weight is 503 g/mol. The van der Waals surface area contributed by atoms with Crippen molar-refractivity contribution in [3.8, 4) is 0 Å². The minimum absolute atomic E-state index is 0.00886. The first kappa shape index (κ1) is 28.5. The maximum Gasteiger partial charge on any atom is 0.331 e. The molecule has 0 aliphatic heterocycles. The summed E-state index contributed by atoms with van der Waals surface area (Å²) >= 11 is 0. The van der Waals surface area contributed by atoms with Crippen LogP contribution >= 0.6 is 0 Å². The first-order valence-electron chi connectivity index (χ1n) is 13.7. The van der Waals surface area contributed by atoms with E-state index in [9.17, 15) is 24.6 Å². The zero-order valence-electron chi connectivity index (χ0n) is 23.0. The lowest BCUT2D eigenvalue weighted by Crippen LogP contribution is -2.57. The molecule has 0 amide bonds. The molecule has 6 nitrogen and oxygen atoms in total. The van der Waals surface area contributed by atoms with E-state index in [4.69, 9.17) is 5.11 Å². The van der Waals surface area contributed by atoms with E-state index in [1.165, 1.54) is 6.42 Å². The van der Waals surface area contributed by atoms with Crippen LogP contribution in [0.4, 0.5) is 0 Å². The highest BCUT2D eigenvalue weighted by Crippen LogP contribution is 2.74. The molecule has 0 bridgehead atoms. The van der Waals surface area contributed by atoms with Crippen LogP contribution in [-0.4, -0.2) is 33.2 Å². The summed E-state index contributed by atoms with van der Waals surface area (Å²) in [6, 6.07) is 0. The van der Waals surface area contributed by atoms with E-state index >= 15 is 0 Å². The molecule has 3 aliphatic carbocycles. The van der Waals surface area contributed by atoms with Gasteiger partial charge in [0.25, 0.3) is 0 Å². The Hall–Kier alpha value is -2.11. The quantitative estimate of drug-likeness (QED) is 0.294. The summed E-state index contributed by atoms with van der Waals surface area (Å²) in [6.45, 7) is 12.9. The first-order valence-corrected chi connectivity index (χ1v) is 13.7. The molecule has 3 saturated carbocycles. The van der Waals surface area contributed by atoms with Gasteiger partial charge >= 0.3 is 17.9 Å². The van der Waals surface area contributed by atoms with Gasteiger partial charge in [-0.3, -0.25) is 4.79 Å². The normalized spacial score (nSPS) is 38.6. The van der Waals surface area contributed by atoms with Gasteiger partial charge in [0.1, 0.15) is 0 Å². The van der Waals surface area contributed by atoms with Crippen molar-refractivity contribution in [2.45, 2.75) is 106 Å². The fraction of sp³-hybridized carbons (Fsp3) is 0.767. The third kappa shape index (κ3) is 4.77. The van der Waals surface area contributed by atoms with E-state index < -0.39 is 17.9 Å². The smallest absolute Gasteiger partial charge is 0.331 e.